The maximum Gasteiger partial charge on any atom is 0.330 e. The predicted molar refractivity (Wildman–Crippen MR) is 86.1 cm³/mol. The molecule has 1 amide bonds. The van der Waals surface area contributed by atoms with E-state index in [1.54, 1.807) is 48.5 Å². The normalized spacial score (nSPS) is 11.7. The Morgan fingerprint density at radius 1 is 1.00 bits per heavy atom. The zero-order valence-corrected chi connectivity index (χ0v) is 13.9. The molecule has 0 heterocycles. The molecule has 0 aliphatic rings. The molecule has 0 aliphatic carbocycles. The number of amides is 1. The highest BCUT2D eigenvalue weighted by molar-refractivity contribution is 9.11. The van der Waals surface area contributed by atoms with Crippen molar-refractivity contribution in [3.63, 3.8) is 0 Å². The Morgan fingerprint density at radius 2 is 1.57 bits per heavy atom. The fourth-order valence-electron chi connectivity index (χ4n) is 1.83. The molecule has 6 heteroatoms. The van der Waals surface area contributed by atoms with E-state index in [0.717, 1.165) is 8.95 Å². The number of carbonyl (C=O) groups excluding carboxylic acids is 1. The first-order valence-corrected chi connectivity index (χ1v) is 7.60. The van der Waals surface area contributed by atoms with Crippen LogP contribution in [0.25, 0.3) is 0 Å². The fourth-order valence-corrected chi connectivity index (χ4v) is 3.13. The van der Waals surface area contributed by atoms with Crippen LogP contribution < -0.4 is 5.32 Å². The number of rotatable bonds is 4. The maximum atomic E-state index is 12.2. The van der Waals surface area contributed by atoms with E-state index in [9.17, 15) is 14.7 Å². The molecular weight excluding hydrogens is 402 g/mol. The Balaban J connectivity index is 2.25. The minimum Gasteiger partial charge on any atom is -0.479 e. The first-order valence-electron chi connectivity index (χ1n) is 6.02. The number of hydrogen-bond donors (Lipinski definition) is 2. The van der Waals surface area contributed by atoms with Gasteiger partial charge in [-0.05, 0) is 23.8 Å². The molecule has 0 fully saturated rings. The summed E-state index contributed by atoms with van der Waals surface area (Å²) in [6.45, 7) is 0. The standard InChI is InChI=1S/C15H11Br2NO3/c16-11-6-10(7-12(17)8-11)14(19)18-13(15(20)21)9-4-2-1-3-5-9/h1-8,13H,(H,18,19)(H,20,21)/t13-/m1/s1. The maximum absolute atomic E-state index is 12.2. The van der Waals surface area contributed by atoms with Crippen LogP contribution in [0.15, 0.2) is 57.5 Å². The van der Waals surface area contributed by atoms with Crippen molar-refractivity contribution in [1.29, 1.82) is 0 Å². The molecule has 0 bridgehead atoms. The molecule has 2 aromatic carbocycles. The topological polar surface area (TPSA) is 66.4 Å². The van der Waals surface area contributed by atoms with Gasteiger partial charge in [0, 0.05) is 14.5 Å². The summed E-state index contributed by atoms with van der Waals surface area (Å²) in [6.07, 6.45) is 0. The van der Waals surface area contributed by atoms with Gasteiger partial charge in [0.1, 0.15) is 0 Å². The van der Waals surface area contributed by atoms with Crippen LogP contribution in [0.5, 0.6) is 0 Å². The van der Waals surface area contributed by atoms with E-state index in [0.29, 0.717) is 11.1 Å². The molecule has 0 radical (unpaired) electrons. The lowest BCUT2D eigenvalue weighted by molar-refractivity contribution is -0.139. The molecule has 108 valence electrons. The number of nitrogens with one attached hydrogen (secondary N) is 1. The Kier molecular flexibility index (Phi) is 5.14. The van der Waals surface area contributed by atoms with Crippen molar-refractivity contribution >= 4 is 43.7 Å². The average Bonchev–Trinajstić information content (AvgIpc) is 2.44. The highest BCUT2D eigenvalue weighted by Gasteiger charge is 2.22. The fraction of sp³-hybridized carbons (Fsp3) is 0.0667. The van der Waals surface area contributed by atoms with Crippen molar-refractivity contribution in [2.24, 2.45) is 0 Å². The van der Waals surface area contributed by atoms with Gasteiger partial charge in [-0.1, -0.05) is 62.2 Å². The van der Waals surface area contributed by atoms with Gasteiger partial charge in [-0.3, -0.25) is 4.79 Å². The first kappa shape index (κ1) is 15.7. The molecule has 0 saturated carbocycles. The Labute approximate surface area is 138 Å². The molecule has 0 aliphatic heterocycles. The van der Waals surface area contributed by atoms with E-state index >= 15 is 0 Å². The van der Waals surface area contributed by atoms with Crippen LogP contribution >= 0.6 is 31.9 Å². The molecule has 2 aromatic rings. The number of halogens is 2. The monoisotopic (exact) mass is 411 g/mol. The minimum atomic E-state index is -1.11. The smallest absolute Gasteiger partial charge is 0.330 e. The van der Waals surface area contributed by atoms with E-state index < -0.39 is 17.9 Å². The molecular formula is C15H11Br2NO3. The summed E-state index contributed by atoms with van der Waals surface area (Å²) in [5.41, 5.74) is 0.894. The molecule has 4 nitrogen and oxygen atoms in total. The summed E-state index contributed by atoms with van der Waals surface area (Å²) in [7, 11) is 0. The van der Waals surface area contributed by atoms with E-state index in [1.165, 1.54) is 0 Å². The zero-order chi connectivity index (χ0) is 15.4. The van der Waals surface area contributed by atoms with Crippen LogP contribution in [-0.4, -0.2) is 17.0 Å². The second-order valence-corrected chi connectivity index (χ2v) is 6.14. The number of hydrogen-bond acceptors (Lipinski definition) is 2. The van der Waals surface area contributed by atoms with Crippen molar-refractivity contribution in [2.75, 3.05) is 0 Å². The lowest BCUT2D eigenvalue weighted by Crippen LogP contribution is -2.33. The molecule has 1 atom stereocenters. The summed E-state index contributed by atoms with van der Waals surface area (Å²) in [6, 6.07) is 12.5. The molecule has 0 aromatic heterocycles. The lowest BCUT2D eigenvalue weighted by Gasteiger charge is -2.15. The number of carboxylic acids is 1. The summed E-state index contributed by atoms with van der Waals surface area (Å²) < 4.78 is 1.46. The van der Waals surface area contributed by atoms with Crippen LogP contribution in [-0.2, 0) is 4.79 Å². The Hall–Kier alpha value is -1.66. The summed E-state index contributed by atoms with van der Waals surface area (Å²) in [5.74, 6) is -1.56. The highest BCUT2D eigenvalue weighted by Crippen LogP contribution is 2.21. The summed E-state index contributed by atoms with van der Waals surface area (Å²) >= 11 is 6.59. The van der Waals surface area contributed by atoms with Crippen molar-refractivity contribution in [1.82, 2.24) is 5.32 Å². The number of carboxylic acid groups (broad SMARTS) is 1. The van der Waals surface area contributed by atoms with Crippen molar-refractivity contribution in [3.05, 3.63) is 68.6 Å². The van der Waals surface area contributed by atoms with Gasteiger partial charge >= 0.3 is 5.97 Å². The zero-order valence-electron chi connectivity index (χ0n) is 10.7. The SMILES string of the molecule is O=C(N[C@@H](C(=O)O)c1ccccc1)c1cc(Br)cc(Br)c1. The van der Waals surface area contributed by atoms with E-state index in [1.807, 2.05) is 0 Å². The molecule has 0 spiro atoms. The van der Waals surface area contributed by atoms with Crippen LogP contribution in [0.3, 0.4) is 0 Å². The molecule has 2 rings (SSSR count). The number of aliphatic carboxylic acids is 1. The third kappa shape index (κ3) is 4.15. The van der Waals surface area contributed by atoms with Crippen molar-refractivity contribution in [2.45, 2.75) is 6.04 Å². The highest BCUT2D eigenvalue weighted by atomic mass is 79.9. The van der Waals surface area contributed by atoms with Crippen LogP contribution in [0, 0.1) is 0 Å². The third-order valence-corrected chi connectivity index (χ3v) is 3.70. The van der Waals surface area contributed by atoms with Crippen LogP contribution in [0.4, 0.5) is 0 Å². The largest absolute Gasteiger partial charge is 0.479 e. The van der Waals surface area contributed by atoms with Gasteiger partial charge in [0.25, 0.3) is 5.91 Å². The number of benzene rings is 2. The quantitative estimate of drug-likeness (QED) is 0.803. The van der Waals surface area contributed by atoms with Crippen LogP contribution in [0.1, 0.15) is 22.0 Å². The van der Waals surface area contributed by atoms with E-state index in [4.69, 9.17) is 0 Å². The third-order valence-electron chi connectivity index (χ3n) is 2.78. The molecule has 21 heavy (non-hydrogen) atoms. The van der Waals surface area contributed by atoms with E-state index in [2.05, 4.69) is 37.2 Å². The van der Waals surface area contributed by atoms with Gasteiger partial charge in [-0.15, -0.1) is 0 Å². The summed E-state index contributed by atoms with van der Waals surface area (Å²) in [5, 5.41) is 11.8. The molecule has 2 N–H and O–H groups in total. The Bertz CT molecular complexity index is 654. The van der Waals surface area contributed by atoms with Gasteiger partial charge < -0.3 is 10.4 Å². The Morgan fingerprint density at radius 3 is 2.10 bits per heavy atom. The average molecular weight is 413 g/mol. The minimum absolute atomic E-state index is 0.374. The number of carbonyl (C=O) groups is 2. The first-order chi connectivity index (χ1) is 9.97. The van der Waals surface area contributed by atoms with Crippen LogP contribution in [0.2, 0.25) is 0 Å². The summed E-state index contributed by atoms with van der Waals surface area (Å²) in [4.78, 5) is 23.6. The van der Waals surface area contributed by atoms with Gasteiger partial charge in [0.05, 0.1) is 0 Å². The van der Waals surface area contributed by atoms with Crippen molar-refractivity contribution < 1.29 is 14.7 Å². The van der Waals surface area contributed by atoms with Gasteiger partial charge in [-0.25, -0.2) is 4.79 Å². The van der Waals surface area contributed by atoms with Gasteiger partial charge in [0.15, 0.2) is 6.04 Å². The molecule has 0 saturated heterocycles. The van der Waals surface area contributed by atoms with Gasteiger partial charge in [0.2, 0.25) is 0 Å². The second-order valence-electron chi connectivity index (χ2n) is 4.31. The van der Waals surface area contributed by atoms with Crippen molar-refractivity contribution in [3.8, 4) is 0 Å². The molecule has 0 unspecified atom stereocenters. The lowest BCUT2D eigenvalue weighted by atomic mass is 10.1. The second kappa shape index (κ2) is 6.87. The van der Waals surface area contributed by atoms with Gasteiger partial charge in [-0.2, -0.15) is 0 Å². The predicted octanol–water partition coefficient (Wildman–Crippen LogP) is 3.77. The van der Waals surface area contributed by atoms with E-state index in [-0.39, 0.29) is 0 Å².